The molecule has 0 atom stereocenters. The molecule has 0 saturated heterocycles. The summed E-state index contributed by atoms with van der Waals surface area (Å²) in [5.41, 5.74) is 0.873. The molecular formula is C24H29N3O7S. The molecule has 3 rings (SSSR count). The molecular weight excluding hydrogens is 474 g/mol. The van der Waals surface area contributed by atoms with E-state index in [1.54, 1.807) is 30.3 Å². The zero-order valence-electron chi connectivity index (χ0n) is 20.2. The van der Waals surface area contributed by atoms with Crippen LogP contribution in [-0.2, 0) is 15.4 Å². The zero-order valence-corrected chi connectivity index (χ0v) is 21.0. The van der Waals surface area contributed by atoms with Gasteiger partial charge in [0.2, 0.25) is 5.75 Å². The lowest BCUT2D eigenvalue weighted by atomic mass is 9.87. The number of methoxy groups -OCH3 is 2. The number of ether oxygens (including phenoxy) is 4. The van der Waals surface area contributed by atoms with E-state index in [0.717, 1.165) is 11.9 Å². The quantitative estimate of drug-likeness (QED) is 0.425. The Morgan fingerprint density at radius 1 is 0.971 bits per heavy atom. The van der Waals surface area contributed by atoms with Gasteiger partial charge in [-0.1, -0.05) is 32.9 Å². The lowest BCUT2D eigenvalue weighted by Crippen LogP contribution is -2.16. The van der Waals surface area contributed by atoms with Crippen LogP contribution in [0.3, 0.4) is 0 Å². The van der Waals surface area contributed by atoms with Crippen molar-refractivity contribution in [2.45, 2.75) is 31.1 Å². The predicted octanol–water partition coefficient (Wildman–Crippen LogP) is 3.76. The number of aliphatic hydroxyl groups excluding tert-OH is 1. The molecule has 0 amide bonds. The van der Waals surface area contributed by atoms with Crippen molar-refractivity contribution in [3.05, 3.63) is 54.4 Å². The Labute approximate surface area is 204 Å². The number of nitrogens with zero attached hydrogens (tertiary/aromatic N) is 2. The minimum atomic E-state index is -4.02. The number of benzene rings is 2. The molecule has 0 spiro atoms. The summed E-state index contributed by atoms with van der Waals surface area (Å²) in [6.07, 6.45) is 1.13. The molecule has 10 nitrogen and oxygen atoms in total. The number of aliphatic hydroxyl groups is 1. The Hall–Kier alpha value is -3.57. The summed E-state index contributed by atoms with van der Waals surface area (Å²) in [5.74, 6) is 0.915. The van der Waals surface area contributed by atoms with Crippen LogP contribution in [0.15, 0.2) is 53.7 Å². The summed E-state index contributed by atoms with van der Waals surface area (Å²) >= 11 is 0. The molecule has 0 aliphatic heterocycles. The number of nitrogens with one attached hydrogen (secondary N) is 1. The Balaban J connectivity index is 1.99. The van der Waals surface area contributed by atoms with Crippen LogP contribution in [0.5, 0.6) is 28.9 Å². The average molecular weight is 504 g/mol. The number of anilines is 1. The van der Waals surface area contributed by atoms with E-state index in [-0.39, 0.29) is 41.0 Å². The molecule has 2 N–H and O–H groups in total. The minimum absolute atomic E-state index is 0.0513. The zero-order chi connectivity index (χ0) is 25.6. The fourth-order valence-electron chi connectivity index (χ4n) is 3.09. The maximum atomic E-state index is 13.1. The molecule has 35 heavy (non-hydrogen) atoms. The van der Waals surface area contributed by atoms with Crippen LogP contribution >= 0.6 is 0 Å². The van der Waals surface area contributed by atoms with E-state index < -0.39 is 10.0 Å². The van der Waals surface area contributed by atoms with Crippen molar-refractivity contribution in [3.8, 4) is 28.9 Å². The van der Waals surface area contributed by atoms with Gasteiger partial charge in [-0.2, -0.15) is 4.98 Å². The molecule has 0 radical (unpaired) electrons. The number of rotatable bonds is 10. The van der Waals surface area contributed by atoms with Crippen LogP contribution in [0.4, 0.5) is 5.82 Å². The van der Waals surface area contributed by atoms with Crippen LogP contribution in [0, 0.1) is 0 Å². The van der Waals surface area contributed by atoms with Crippen molar-refractivity contribution in [2.24, 2.45) is 0 Å². The first-order valence-electron chi connectivity index (χ1n) is 10.7. The molecule has 3 aromatic rings. The van der Waals surface area contributed by atoms with E-state index in [1.165, 1.54) is 26.4 Å². The summed E-state index contributed by atoms with van der Waals surface area (Å²) in [7, 11) is -1.04. The van der Waals surface area contributed by atoms with Gasteiger partial charge in [0.25, 0.3) is 15.9 Å². The summed E-state index contributed by atoms with van der Waals surface area (Å²) in [6, 6.07) is 11.4. The maximum absolute atomic E-state index is 13.1. The van der Waals surface area contributed by atoms with Gasteiger partial charge in [0.1, 0.15) is 18.7 Å². The average Bonchev–Trinajstić information content (AvgIpc) is 2.83. The highest BCUT2D eigenvalue weighted by Gasteiger charge is 2.23. The molecule has 0 saturated carbocycles. The molecule has 188 valence electrons. The molecule has 0 bridgehead atoms. The second kappa shape index (κ2) is 10.8. The highest BCUT2D eigenvalue weighted by Crippen LogP contribution is 2.39. The van der Waals surface area contributed by atoms with E-state index in [0.29, 0.717) is 17.2 Å². The van der Waals surface area contributed by atoms with E-state index in [2.05, 4.69) is 14.7 Å². The summed E-state index contributed by atoms with van der Waals surface area (Å²) in [4.78, 5) is 8.15. The molecule has 0 aliphatic rings. The molecule has 0 fully saturated rings. The number of sulfonamides is 1. The predicted molar refractivity (Wildman–Crippen MR) is 130 cm³/mol. The Morgan fingerprint density at radius 3 is 2.26 bits per heavy atom. The standard InChI is InChI=1S/C24H29N3O7S/c1-24(2,3)16-6-9-18(10-7-16)35(29,30)27-22-21(23(26-15-25-22)33-13-12-28)34-17-8-11-19(31-4)20(14-17)32-5/h6-11,14-15,28H,12-13H2,1-5H3,(H,25,26,27). The minimum Gasteiger partial charge on any atom is -0.493 e. The summed E-state index contributed by atoms with van der Waals surface area (Å²) in [6.45, 7) is 5.77. The molecule has 11 heteroatoms. The van der Waals surface area contributed by atoms with Crippen molar-refractivity contribution in [1.29, 1.82) is 0 Å². The fraction of sp³-hybridized carbons (Fsp3) is 0.333. The van der Waals surface area contributed by atoms with Crippen molar-refractivity contribution >= 4 is 15.8 Å². The second-order valence-electron chi connectivity index (χ2n) is 8.43. The smallest absolute Gasteiger partial charge is 0.263 e. The highest BCUT2D eigenvalue weighted by molar-refractivity contribution is 7.92. The number of hydrogen-bond donors (Lipinski definition) is 2. The van der Waals surface area contributed by atoms with Crippen LogP contribution in [0.25, 0.3) is 0 Å². The first-order chi connectivity index (χ1) is 16.6. The third-order valence-corrected chi connectivity index (χ3v) is 6.29. The molecule has 0 unspecified atom stereocenters. The molecule has 0 aliphatic carbocycles. The SMILES string of the molecule is COc1ccc(Oc2c(NS(=O)(=O)c3ccc(C(C)(C)C)cc3)ncnc2OCCO)cc1OC. The van der Waals surface area contributed by atoms with Crippen molar-refractivity contribution in [3.63, 3.8) is 0 Å². The number of hydrogen-bond acceptors (Lipinski definition) is 9. The lowest BCUT2D eigenvalue weighted by molar-refractivity contribution is 0.192. The van der Waals surface area contributed by atoms with Gasteiger partial charge < -0.3 is 24.1 Å². The molecule has 2 aromatic carbocycles. The Morgan fingerprint density at radius 2 is 1.66 bits per heavy atom. The van der Waals surface area contributed by atoms with Gasteiger partial charge in [0.15, 0.2) is 17.3 Å². The third kappa shape index (κ3) is 6.31. The van der Waals surface area contributed by atoms with E-state index >= 15 is 0 Å². The van der Waals surface area contributed by atoms with E-state index in [4.69, 9.17) is 24.1 Å². The van der Waals surface area contributed by atoms with Gasteiger partial charge in [-0.3, -0.25) is 4.72 Å². The normalized spacial score (nSPS) is 11.6. The van der Waals surface area contributed by atoms with Gasteiger partial charge >= 0.3 is 0 Å². The van der Waals surface area contributed by atoms with Gasteiger partial charge in [0, 0.05) is 6.07 Å². The summed E-state index contributed by atoms with van der Waals surface area (Å²) < 4.78 is 50.6. The molecule has 1 heterocycles. The molecule has 1 aromatic heterocycles. The van der Waals surface area contributed by atoms with E-state index in [1.807, 2.05) is 20.8 Å². The van der Waals surface area contributed by atoms with Gasteiger partial charge in [0.05, 0.1) is 25.7 Å². The van der Waals surface area contributed by atoms with Gasteiger partial charge in [-0.15, -0.1) is 0 Å². The van der Waals surface area contributed by atoms with Crippen LogP contribution in [-0.4, -0.2) is 50.9 Å². The van der Waals surface area contributed by atoms with Crippen LogP contribution in [0.2, 0.25) is 0 Å². The largest absolute Gasteiger partial charge is 0.493 e. The third-order valence-electron chi connectivity index (χ3n) is 4.94. The van der Waals surface area contributed by atoms with E-state index in [9.17, 15) is 8.42 Å². The summed E-state index contributed by atoms with van der Waals surface area (Å²) in [5, 5.41) is 9.17. The highest BCUT2D eigenvalue weighted by atomic mass is 32.2. The fourth-order valence-corrected chi connectivity index (χ4v) is 4.10. The van der Waals surface area contributed by atoms with Crippen LogP contribution < -0.4 is 23.7 Å². The van der Waals surface area contributed by atoms with Gasteiger partial charge in [-0.05, 0) is 35.2 Å². The van der Waals surface area contributed by atoms with Crippen molar-refractivity contribution < 1.29 is 32.5 Å². The number of aromatic nitrogens is 2. The van der Waals surface area contributed by atoms with Crippen molar-refractivity contribution in [1.82, 2.24) is 9.97 Å². The Bertz CT molecular complexity index is 1260. The van der Waals surface area contributed by atoms with Gasteiger partial charge in [-0.25, -0.2) is 13.4 Å². The first kappa shape index (κ1) is 26.0. The monoisotopic (exact) mass is 503 g/mol. The maximum Gasteiger partial charge on any atom is 0.263 e. The Kier molecular flexibility index (Phi) is 8.03. The first-order valence-corrected chi connectivity index (χ1v) is 12.2. The van der Waals surface area contributed by atoms with Crippen LogP contribution in [0.1, 0.15) is 26.3 Å². The lowest BCUT2D eigenvalue weighted by Gasteiger charge is -2.19. The topological polar surface area (TPSA) is 129 Å². The van der Waals surface area contributed by atoms with Crippen molar-refractivity contribution in [2.75, 3.05) is 32.2 Å². The second-order valence-corrected chi connectivity index (χ2v) is 10.1.